The van der Waals surface area contributed by atoms with Gasteiger partial charge in [0.25, 0.3) is 0 Å². The number of nitrogens with one attached hydrogen (secondary N) is 1. The Hall–Kier alpha value is -0.850. The summed E-state index contributed by atoms with van der Waals surface area (Å²) in [6, 6.07) is 0. The van der Waals surface area contributed by atoms with Gasteiger partial charge in [-0.2, -0.15) is 0 Å². The van der Waals surface area contributed by atoms with Crippen LogP contribution >= 0.6 is 0 Å². The van der Waals surface area contributed by atoms with Gasteiger partial charge >= 0.3 is 0 Å². The van der Waals surface area contributed by atoms with Crippen LogP contribution in [0.15, 0.2) is 24.3 Å². The number of allylic oxidation sites excluding steroid dienone is 4. The molecule has 0 amide bonds. The molecule has 0 aromatic carbocycles. The van der Waals surface area contributed by atoms with E-state index < -0.39 is 0 Å². The zero-order valence-electron chi connectivity index (χ0n) is 5.81. The van der Waals surface area contributed by atoms with E-state index in [2.05, 4.69) is 0 Å². The summed E-state index contributed by atoms with van der Waals surface area (Å²) < 4.78 is 0. The minimum absolute atomic E-state index is 0.0469. The first kappa shape index (κ1) is 6.27. The molecule has 0 fully saturated rings. The van der Waals surface area contributed by atoms with Crippen LogP contribution in [0.3, 0.4) is 0 Å². The summed E-state index contributed by atoms with van der Waals surface area (Å²) in [5.41, 5.74) is 0.638. The molecule has 1 heteroatoms. The highest BCUT2D eigenvalue weighted by Crippen LogP contribution is 2.21. The molecule has 0 unspecified atom stereocenters. The Kier molecular flexibility index (Phi) is 1.28. The SMILES string of the molecule is CC1(C)C=CC=CC1=N. The molecule has 1 rings (SSSR count). The zero-order chi connectivity index (χ0) is 6.91. The Morgan fingerprint density at radius 2 is 2.00 bits per heavy atom. The summed E-state index contributed by atoms with van der Waals surface area (Å²) in [5.74, 6) is 0. The molecular formula is C8H11N. The minimum Gasteiger partial charge on any atom is -0.304 e. The van der Waals surface area contributed by atoms with Crippen molar-refractivity contribution >= 4 is 5.71 Å². The predicted molar refractivity (Wildman–Crippen MR) is 39.8 cm³/mol. The molecule has 0 aromatic heterocycles. The zero-order valence-corrected chi connectivity index (χ0v) is 5.81. The fourth-order valence-corrected chi connectivity index (χ4v) is 0.752. The van der Waals surface area contributed by atoms with Crippen molar-refractivity contribution in [1.29, 1.82) is 5.41 Å². The van der Waals surface area contributed by atoms with E-state index in [9.17, 15) is 0 Å². The van der Waals surface area contributed by atoms with Crippen molar-refractivity contribution in [3.05, 3.63) is 24.3 Å². The molecule has 9 heavy (non-hydrogen) atoms. The van der Waals surface area contributed by atoms with E-state index in [-0.39, 0.29) is 5.41 Å². The van der Waals surface area contributed by atoms with Gasteiger partial charge in [-0.3, -0.25) is 0 Å². The van der Waals surface area contributed by atoms with E-state index in [1.807, 2.05) is 38.2 Å². The average molecular weight is 121 g/mol. The highest BCUT2D eigenvalue weighted by Gasteiger charge is 2.18. The van der Waals surface area contributed by atoms with Crippen molar-refractivity contribution in [3.8, 4) is 0 Å². The fourth-order valence-electron chi connectivity index (χ4n) is 0.752. The number of rotatable bonds is 0. The highest BCUT2D eigenvalue weighted by molar-refractivity contribution is 5.99. The lowest BCUT2D eigenvalue weighted by Gasteiger charge is -2.20. The Morgan fingerprint density at radius 1 is 1.33 bits per heavy atom. The Bertz CT molecular complexity index is 185. The van der Waals surface area contributed by atoms with Crippen LogP contribution in [0.25, 0.3) is 0 Å². The maximum absolute atomic E-state index is 7.45. The van der Waals surface area contributed by atoms with Crippen molar-refractivity contribution < 1.29 is 0 Å². The molecule has 1 nitrogen and oxygen atoms in total. The van der Waals surface area contributed by atoms with Gasteiger partial charge in [-0.15, -0.1) is 0 Å². The monoisotopic (exact) mass is 121 g/mol. The standard InChI is InChI=1S/C8H11N/c1-8(2)6-4-3-5-7(8)9/h3-6,9H,1-2H3. The molecule has 0 atom stereocenters. The summed E-state index contributed by atoms with van der Waals surface area (Å²) in [7, 11) is 0. The molecule has 0 heterocycles. The minimum atomic E-state index is -0.0469. The lowest BCUT2D eigenvalue weighted by atomic mass is 9.84. The molecule has 0 saturated heterocycles. The molecule has 48 valence electrons. The van der Waals surface area contributed by atoms with Gasteiger partial charge in [0, 0.05) is 11.1 Å². The van der Waals surface area contributed by atoms with E-state index in [1.165, 1.54) is 0 Å². The smallest absolute Gasteiger partial charge is 0.0407 e. The summed E-state index contributed by atoms with van der Waals surface area (Å²) in [5, 5.41) is 7.45. The van der Waals surface area contributed by atoms with Gasteiger partial charge in [0.2, 0.25) is 0 Å². The maximum Gasteiger partial charge on any atom is 0.0407 e. The van der Waals surface area contributed by atoms with Crippen molar-refractivity contribution in [2.75, 3.05) is 0 Å². The molecule has 1 aliphatic rings. The van der Waals surface area contributed by atoms with Gasteiger partial charge in [-0.1, -0.05) is 32.1 Å². The first-order valence-corrected chi connectivity index (χ1v) is 3.08. The third-order valence-electron chi connectivity index (χ3n) is 1.58. The molecular weight excluding hydrogens is 110 g/mol. The van der Waals surface area contributed by atoms with Crippen molar-refractivity contribution in [1.82, 2.24) is 0 Å². The van der Waals surface area contributed by atoms with Crippen molar-refractivity contribution in [3.63, 3.8) is 0 Å². The molecule has 0 aromatic rings. The third-order valence-corrected chi connectivity index (χ3v) is 1.58. The lowest BCUT2D eigenvalue weighted by Crippen LogP contribution is -2.19. The van der Waals surface area contributed by atoms with Crippen LogP contribution in [0.4, 0.5) is 0 Å². The molecule has 0 spiro atoms. The van der Waals surface area contributed by atoms with Crippen LogP contribution in [-0.2, 0) is 0 Å². The van der Waals surface area contributed by atoms with Gasteiger partial charge in [-0.25, -0.2) is 0 Å². The van der Waals surface area contributed by atoms with Crippen molar-refractivity contribution in [2.45, 2.75) is 13.8 Å². The number of hydrogen-bond donors (Lipinski definition) is 1. The Morgan fingerprint density at radius 3 is 2.33 bits per heavy atom. The van der Waals surface area contributed by atoms with E-state index in [0.29, 0.717) is 5.71 Å². The van der Waals surface area contributed by atoms with Crippen LogP contribution in [0.5, 0.6) is 0 Å². The van der Waals surface area contributed by atoms with Crippen LogP contribution in [0.2, 0.25) is 0 Å². The van der Waals surface area contributed by atoms with Crippen LogP contribution in [-0.4, -0.2) is 5.71 Å². The maximum atomic E-state index is 7.45. The second kappa shape index (κ2) is 1.83. The van der Waals surface area contributed by atoms with E-state index in [0.717, 1.165) is 0 Å². The molecule has 1 aliphatic carbocycles. The number of hydrogen-bond acceptors (Lipinski definition) is 1. The molecule has 0 saturated carbocycles. The Balaban J connectivity index is 2.91. The average Bonchev–Trinajstić information content (AvgIpc) is 1.77. The summed E-state index contributed by atoms with van der Waals surface area (Å²) in [6.07, 6.45) is 7.75. The van der Waals surface area contributed by atoms with Gasteiger partial charge < -0.3 is 5.41 Å². The Labute approximate surface area is 55.6 Å². The van der Waals surface area contributed by atoms with Crippen LogP contribution < -0.4 is 0 Å². The third kappa shape index (κ3) is 1.10. The summed E-state index contributed by atoms with van der Waals surface area (Å²) in [4.78, 5) is 0. The fraction of sp³-hybridized carbons (Fsp3) is 0.375. The van der Waals surface area contributed by atoms with E-state index in [4.69, 9.17) is 5.41 Å². The highest BCUT2D eigenvalue weighted by atomic mass is 14.5. The quantitative estimate of drug-likeness (QED) is 0.507. The van der Waals surface area contributed by atoms with Gasteiger partial charge in [0.1, 0.15) is 0 Å². The predicted octanol–water partition coefficient (Wildman–Crippen LogP) is 2.16. The molecule has 0 aliphatic heterocycles. The second-order valence-corrected chi connectivity index (χ2v) is 2.85. The first-order chi connectivity index (χ1) is 4.13. The second-order valence-electron chi connectivity index (χ2n) is 2.85. The van der Waals surface area contributed by atoms with E-state index in [1.54, 1.807) is 0 Å². The topological polar surface area (TPSA) is 23.9 Å². The summed E-state index contributed by atoms with van der Waals surface area (Å²) >= 11 is 0. The van der Waals surface area contributed by atoms with E-state index >= 15 is 0 Å². The molecule has 1 N–H and O–H groups in total. The molecule has 0 radical (unpaired) electrons. The van der Waals surface area contributed by atoms with Crippen LogP contribution in [0, 0.1) is 10.8 Å². The lowest BCUT2D eigenvalue weighted by molar-refractivity contribution is 0.672. The first-order valence-electron chi connectivity index (χ1n) is 3.08. The van der Waals surface area contributed by atoms with Crippen molar-refractivity contribution in [2.24, 2.45) is 5.41 Å². The molecule has 0 bridgehead atoms. The van der Waals surface area contributed by atoms with Gasteiger partial charge in [0.05, 0.1) is 0 Å². The normalized spacial score (nSPS) is 22.7. The van der Waals surface area contributed by atoms with Gasteiger partial charge in [-0.05, 0) is 6.08 Å². The largest absolute Gasteiger partial charge is 0.304 e. The summed E-state index contributed by atoms with van der Waals surface area (Å²) in [6.45, 7) is 4.07. The van der Waals surface area contributed by atoms with Crippen LogP contribution in [0.1, 0.15) is 13.8 Å². The van der Waals surface area contributed by atoms with Gasteiger partial charge in [0.15, 0.2) is 0 Å².